The Morgan fingerprint density at radius 3 is 2.40 bits per heavy atom. The number of aliphatic hydroxyl groups is 1. The van der Waals surface area contributed by atoms with Crippen LogP contribution in [0.5, 0.6) is 11.5 Å². The van der Waals surface area contributed by atoms with Crippen molar-refractivity contribution in [3.05, 3.63) is 59.7 Å². The van der Waals surface area contributed by atoms with Crippen LogP contribution < -0.4 is 20.1 Å². The van der Waals surface area contributed by atoms with E-state index in [1.54, 1.807) is 12.1 Å². The Balaban J connectivity index is 1.94. The van der Waals surface area contributed by atoms with Gasteiger partial charge in [0.25, 0.3) is 0 Å². The van der Waals surface area contributed by atoms with Gasteiger partial charge in [-0.2, -0.15) is 8.78 Å². The summed E-state index contributed by atoms with van der Waals surface area (Å²) >= 11 is 0. The van der Waals surface area contributed by atoms with Gasteiger partial charge < -0.3 is 25.2 Å². The van der Waals surface area contributed by atoms with Gasteiger partial charge in [0.15, 0.2) is 5.96 Å². The molecule has 164 valence electrons. The average molecular weight is 421 g/mol. The number of nitrogens with zero attached hydrogens (tertiary/aromatic N) is 1. The minimum atomic E-state index is -2.87. The molecule has 0 aliphatic rings. The zero-order chi connectivity index (χ0) is 21.9. The molecule has 8 heteroatoms. The molecule has 2 aromatic carbocycles. The molecular formula is C22H29F2N3O3. The van der Waals surface area contributed by atoms with Gasteiger partial charge in [-0.15, -0.1) is 0 Å². The van der Waals surface area contributed by atoms with Crippen LogP contribution in [0.15, 0.2) is 53.5 Å². The average Bonchev–Trinajstić information content (AvgIpc) is 2.70. The van der Waals surface area contributed by atoms with Gasteiger partial charge in [0.05, 0.1) is 18.8 Å². The minimum absolute atomic E-state index is 0.0870. The molecule has 0 radical (unpaired) electrons. The summed E-state index contributed by atoms with van der Waals surface area (Å²) < 4.78 is 34.7. The summed E-state index contributed by atoms with van der Waals surface area (Å²) in [4.78, 5) is 4.44. The summed E-state index contributed by atoms with van der Waals surface area (Å²) in [5, 5.41) is 16.6. The van der Waals surface area contributed by atoms with Crippen LogP contribution in [0.4, 0.5) is 8.78 Å². The van der Waals surface area contributed by atoms with Gasteiger partial charge >= 0.3 is 6.61 Å². The van der Waals surface area contributed by atoms with Crippen molar-refractivity contribution < 1.29 is 23.4 Å². The van der Waals surface area contributed by atoms with E-state index in [1.165, 1.54) is 12.1 Å². The first kappa shape index (κ1) is 23.4. The number of halogens is 2. The van der Waals surface area contributed by atoms with Crippen molar-refractivity contribution in [2.24, 2.45) is 4.99 Å². The largest absolute Gasteiger partial charge is 0.491 e. The normalized spacial score (nSPS) is 12.7. The maximum atomic E-state index is 12.4. The number of aliphatic imine (C=N–C) groups is 1. The van der Waals surface area contributed by atoms with Crippen LogP contribution in [-0.2, 0) is 6.54 Å². The minimum Gasteiger partial charge on any atom is -0.491 e. The summed E-state index contributed by atoms with van der Waals surface area (Å²) in [5.41, 5.74) is 1.48. The molecule has 0 heterocycles. The van der Waals surface area contributed by atoms with E-state index < -0.39 is 12.7 Å². The van der Waals surface area contributed by atoms with Crippen LogP contribution in [0.25, 0.3) is 0 Å². The monoisotopic (exact) mass is 421 g/mol. The molecule has 0 aromatic heterocycles. The van der Waals surface area contributed by atoms with E-state index in [4.69, 9.17) is 4.74 Å². The lowest BCUT2D eigenvalue weighted by molar-refractivity contribution is -0.0498. The Bertz CT molecular complexity index is 798. The van der Waals surface area contributed by atoms with Crippen LogP contribution in [0.3, 0.4) is 0 Å². The topological polar surface area (TPSA) is 75.1 Å². The van der Waals surface area contributed by atoms with E-state index in [2.05, 4.69) is 20.4 Å². The van der Waals surface area contributed by atoms with Crippen molar-refractivity contribution in [1.29, 1.82) is 0 Å². The second-order valence-electron chi connectivity index (χ2n) is 6.85. The molecule has 0 amide bonds. The molecule has 0 spiro atoms. The fraction of sp³-hybridized carbons (Fsp3) is 0.409. The third kappa shape index (κ3) is 8.24. The second kappa shape index (κ2) is 12.0. The van der Waals surface area contributed by atoms with Crippen molar-refractivity contribution >= 4 is 5.96 Å². The first-order valence-electron chi connectivity index (χ1n) is 9.88. The van der Waals surface area contributed by atoms with Crippen LogP contribution in [0.1, 0.15) is 38.0 Å². The third-order valence-corrected chi connectivity index (χ3v) is 3.99. The van der Waals surface area contributed by atoms with Gasteiger partial charge in [-0.25, -0.2) is 4.99 Å². The molecule has 3 N–H and O–H groups in total. The van der Waals surface area contributed by atoms with Gasteiger partial charge in [0, 0.05) is 13.1 Å². The van der Waals surface area contributed by atoms with Crippen molar-refractivity contribution in [3.63, 3.8) is 0 Å². The van der Waals surface area contributed by atoms with Gasteiger partial charge in [0.2, 0.25) is 0 Å². The zero-order valence-electron chi connectivity index (χ0n) is 17.4. The number of rotatable bonds is 10. The Kier molecular flexibility index (Phi) is 9.34. The van der Waals surface area contributed by atoms with E-state index >= 15 is 0 Å². The number of hydrogen-bond donors (Lipinski definition) is 3. The van der Waals surface area contributed by atoms with Crippen molar-refractivity contribution in [2.75, 3.05) is 13.1 Å². The Morgan fingerprint density at radius 2 is 1.77 bits per heavy atom. The molecule has 1 unspecified atom stereocenters. The summed E-state index contributed by atoms with van der Waals surface area (Å²) in [5.74, 6) is 1.36. The van der Waals surface area contributed by atoms with E-state index in [-0.39, 0.29) is 24.9 Å². The molecule has 0 aliphatic carbocycles. The number of nitrogens with one attached hydrogen (secondary N) is 2. The fourth-order valence-corrected chi connectivity index (χ4v) is 2.68. The number of aliphatic hydroxyl groups excluding tert-OH is 1. The predicted octanol–water partition coefficient (Wildman–Crippen LogP) is 3.86. The highest BCUT2D eigenvalue weighted by Crippen LogP contribution is 2.19. The molecule has 0 saturated carbocycles. The molecular weight excluding hydrogens is 392 g/mol. The van der Waals surface area contributed by atoms with Crippen LogP contribution in [-0.4, -0.2) is 36.9 Å². The lowest BCUT2D eigenvalue weighted by Gasteiger charge is -2.16. The number of alkyl halides is 2. The first-order chi connectivity index (χ1) is 14.4. The van der Waals surface area contributed by atoms with Crippen molar-refractivity contribution in [3.8, 4) is 11.5 Å². The molecule has 2 rings (SSSR count). The van der Waals surface area contributed by atoms with Gasteiger partial charge in [0.1, 0.15) is 11.5 Å². The SMILES string of the molecule is CCNC(=NCc1cccc(OC(F)F)c1)NCC(O)c1ccc(OC(C)C)cc1. The van der Waals surface area contributed by atoms with Crippen molar-refractivity contribution in [1.82, 2.24) is 10.6 Å². The van der Waals surface area contributed by atoms with Crippen LogP contribution in [0, 0.1) is 0 Å². The zero-order valence-corrected chi connectivity index (χ0v) is 17.4. The fourth-order valence-electron chi connectivity index (χ4n) is 2.68. The number of hydrogen-bond acceptors (Lipinski definition) is 4. The lowest BCUT2D eigenvalue weighted by Crippen LogP contribution is -2.39. The predicted molar refractivity (Wildman–Crippen MR) is 113 cm³/mol. The standard InChI is InChI=1S/C22H29F2N3O3/c1-4-25-22(26-13-16-6-5-7-19(12-16)30-21(23)24)27-14-20(28)17-8-10-18(11-9-17)29-15(2)3/h5-12,15,20-21,28H,4,13-14H2,1-3H3,(H2,25,26,27). The highest BCUT2D eigenvalue weighted by molar-refractivity contribution is 5.79. The number of ether oxygens (including phenoxy) is 2. The summed E-state index contributed by atoms with van der Waals surface area (Å²) in [6.45, 7) is 4.13. The number of benzene rings is 2. The van der Waals surface area contributed by atoms with Crippen molar-refractivity contribution in [2.45, 2.75) is 46.1 Å². The molecule has 1 atom stereocenters. The van der Waals surface area contributed by atoms with Gasteiger partial charge in [-0.1, -0.05) is 24.3 Å². The molecule has 0 bridgehead atoms. The molecule has 0 fully saturated rings. The Morgan fingerprint density at radius 1 is 1.03 bits per heavy atom. The van der Waals surface area contributed by atoms with E-state index in [1.807, 2.05) is 45.0 Å². The van der Waals surface area contributed by atoms with Gasteiger partial charge in [-0.05, 0) is 56.2 Å². The summed E-state index contributed by atoms with van der Waals surface area (Å²) in [6, 6.07) is 13.7. The maximum absolute atomic E-state index is 12.4. The highest BCUT2D eigenvalue weighted by Gasteiger charge is 2.10. The highest BCUT2D eigenvalue weighted by atomic mass is 19.3. The molecule has 0 aliphatic heterocycles. The smallest absolute Gasteiger partial charge is 0.387 e. The lowest BCUT2D eigenvalue weighted by atomic mass is 10.1. The first-order valence-corrected chi connectivity index (χ1v) is 9.88. The van der Waals surface area contributed by atoms with E-state index in [0.717, 1.165) is 16.9 Å². The Hall–Kier alpha value is -2.87. The van der Waals surface area contributed by atoms with E-state index in [9.17, 15) is 13.9 Å². The maximum Gasteiger partial charge on any atom is 0.387 e. The third-order valence-electron chi connectivity index (χ3n) is 3.99. The Labute approximate surface area is 175 Å². The molecule has 0 saturated heterocycles. The van der Waals surface area contributed by atoms with E-state index in [0.29, 0.717) is 12.5 Å². The van der Waals surface area contributed by atoms with Crippen LogP contribution in [0.2, 0.25) is 0 Å². The van der Waals surface area contributed by atoms with Crippen LogP contribution >= 0.6 is 0 Å². The van der Waals surface area contributed by atoms with Gasteiger partial charge in [-0.3, -0.25) is 0 Å². The molecule has 6 nitrogen and oxygen atoms in total. The summed E-state index contributed by atoms with van der Waals surface area (Å²) in [6.07, 6.45) is -0.645. The quantitative estimate of drug-likeness (QED) is 0.401. The summed E-state index contributed by atoms with van der Waals surface area (Å²) in [7, 11) is 0. The molecule has 30 heavy (non-hydrogen) atoms. The number of guanidine groups is 1. The second-order valence-corrected chi connectivity index (χ2v) is 6.85. The molecule has 2 aromatic rings.